The summed E-state index contributed by atoms with van der Waals surface area (Å²) in [5, 5.41) is 0. The summed E-state index contributed by atoms with van der Waals surface area (Å²) < 4.78 is 5.44. The first-order valence-electron chi connectivity index (χ1n) is 5.05. The minimum Gasteiger partial charge on any atom is -0.495 e. The lowest BCUT2D eigenvalue weighted by Crippen LogP contribution is -2.26. The van der Waals surface area contributed by atoms with E-state index in [0.29, 0.717) is 0 Å². The molecule has 0 saturated carbocycles. The minimum absolute atomic E-state index is 0.190. The van der Waals surface area contributed by atoms with E-state index in [0.717, 1.165) is 6.04 Å². The Hall–Kier alpha value is -0.763. The topological polar surface area (TPSA) is 9.23 Å². The summed E-state index contributed by atoms with van der Waals surface area (Å²) in [6, 6.07) is 1.13. The van der Waals surface area contributed by atoms with Crippen LogP contribution in [-0.4, -0.2) is 14.2 Å². The van der Waals surface area contributed by atoms with Crippen LogP contribution >= 0.6 is 0 Å². The second-order valence-electron chi connectivity index (χ2n) is 4.52. The number of hydrogen-bond donors (Lipinski definition) is 0. The summed E-state index contributed by atoms with van der Waals surface area (Å²) in [6.07, 6.45) is 9.88. The Kier molecular flexibility index (Phi) is 6.29. The fourth-order valence-electron chi connectivity index (χ4n) is 1.19. The Morgan fingerprint density at radius 3 is 2.36 bits per heavy atom. The molecule has 0 spiro atoms. The molecule has 0 fully saturated rings. The molecule has 0 aromatic rings. The molecule has 0 aliphatic heterocycles. The van der Waals surface area contributed by atoms with E-state index in [1.807, 2.05) is 25.2 Å². The summed E-state index contributed by atoms with van der Waals surface area (Å²) in [6.45, 7) is 12.6. The molecule has 14 heavy (non-hydrogen) atoms. The second kappa shape index (κ2) is 6.66. The van der Waals surface area contributed by atoms with Crippen LogP contribution in [0.3, 0.4) is 0 Å². The SMILES string of the molecule is C=COC(/C=C/C=C/C)C[Si](C)(C)C. The molecule has 0 aromatic carbocycles. The van der Waals surface area contributed by atoms with Gasteiger partial charge in [0, 0.05) is 8.07 Å². The second-order valence-corrected chi connectivity index (χ2v) is 10.0. The highest BCUT2D eigenvalue weighted by Crippen LogP contribution is 2.15. The molecule has 80 valence electrons. The molecular formula is C12H22OSi. The number of allylic oxidation sites excluding steroid dienone is 3. The van der Waals surface area contributed by atoms with E-state index in [9.17, 15) is 0 Å². The van der Waals surface area contributed by atoms with Crippen molar-refractivity contribution in [2.24, 2.45) is 0 Å². The van der Waals surface area contributed by atoms with Crippen LogP contribution in [0.15, 0.2) is 37.1 Å². The lowest BCUT2D eigenvalue weighted by Gasteiger charge is -2.21. The summed E-state index contributed by atoms with van der Waals surface area (Å²) in [5.41, 5.74) is 0. The van der Waals surface area contributed by atoms with Crippen molar-refractivity contribution in [3.63, 3.8) is 0 Å². The van der Waals surface area contributed by atoms with Crippen LogP contribution in [0, 0.1) is 0 Å². The van der Waals surface area contributed by atoms with Gasteiger partial charge < -0.3 is 4.74 Å². The van der Waals surface area contributed by atoms with Crippen molar-refractivity contribution in [3.8, 4) is 0 Å². The number of hydrogen-bond acceptors (Lipinski definition) is 1. The van der Waals surface area contributed by atoms with Crippen LogP contribution in [0.4, 0.5) is 0 Å². The lowest BCUT2D eigenvalue weighted by molar-refractivity contribution is 0.204. The van der Waals surface area contributed by atoms with Gasteiger partial charge in [-0.05, 0) is 19.0 Å². The summed E-state index contributed by atoms with van der Waals surface area (Å²) in [5.74, 6) is 0. The number of ether oxygens (including phenoxy) is 1. The van der Waals surface area contributed by atoms with Gasteiger partial charge in [0.05, 0.1) is 6.26 Å². The smallest absolute Gasteiger partial charge is 0.114 e. The van der Waals surface area contributed by atoms with Crippen molar-refractivity contribution in [3.05, 3.63) is 37.1 Å². The van der Waals surface area contributed by atoms with E-state index in [4.69, 9.17) is 4.74 Å². The molecular weight excluding hydrogens is 188 g/mol. The van der Waals surface area contributed by atoms with Crippen molar-refractivity contribution in [1.82, 2.24) is 0 Å². The van der Waals surface area contributed by atoms with Crippen LogP contribution in [0.25, 0.3) is 0 Å². The monoisotopic (exact) mass is 210 g/mol. The van der Waals surface area contributed by atoms with Gasteiger partial charge in [0.2, 0.25) is 0 Å². The van der Waals surface area contributed by atoms with Crippen LogP contribution in [-0.2, 0) is 4.74 Å². The van der Waals surface area contributed by atoms with Crippen molar-refractivity contribution in [2.45, 2.75) is 38.7 Å². The normalized spacial score (nSPS) is 14.9. The predicted octanol–water partition coefficient (Wildman–Crippen LogP) is 3.99. The highest BCUT2D eigenvalue weighted by molar-refractivity contribution is 6.76. The van der Waals surface area contributed by atoms with Gasteiger partial charge in [-0.25, -0.2) is 0 Å². The molecule has 1 unspecified atom stereocenters. The zero-order valence-corrected chi connectivity index (χ0v) is 10.8. The average molecular weight is 210 g/mol. The van der Waals surface area contributed by atoms with Gasteiger partial charge in [-0.3, -0.25) is 0 Å². The molecule has 0 aliphatic carbocycles. The first-order valence-corrected chi connectivity index (χ1v) is 8.76. The molecule has 0 bridgehead atoms. The van der Waals surface area contributed by atoms with E-state index in [1.165, 1.54) is 6.26 Å². The highest BCUT2D eigenvalue weighted by Gasteiger charge is 2.18. The zero-order valence-electron chi connectivity index (χ0n) is 9.79. The van der Waals surface area contributed by atoms with Crippen molar-refractivity contribution in [2.75, 3.05) is 0 Å². The molecule has 0 amide bonds. The molecule has 0 rings (SSSR count). The molecule has 0 radical (unpaired) electrons. The minimum atomic E-state index is -1.07. The van der Waals surface area contributed by atoms with Crippen molar-refractivity contribution < 1.29 is 4.74 Å². The summed E-state index contributed by atoms with van der Waals surface area (Å²) >= 11 is 0. The maximum Gasteiger partial charge on any atom is 0.114 e. The fraction of sp³-hybridized carbons (Fsp3) is 0.500. The van der Waals surface area contributed by atoms with E-state index in [1.54, 1.807) is 0 Å². The van der Waals surface area contributed by atoms with Gasteiger partial charge in [0.15, 0.2) is 0 Å². The summed E-state index contributed by atoms with van der Waals surface area (Å²) in [7, 11) is -1.07. The average Bonchev–Trinajstić information content (AvgIpc) is 2.02. The standard InChI is InChI=1S/C12H22OSi/c1-6-8-9-10-12(13-7-2)11-14(3,4)5/h6-10,12H,2,11H2,1,3-5H3/b8-6+,10-9+. The van der Waals surface area contributed by atoms with E-state index < -0.39 is 8.07 Å². The Bertz CT molecular complexity index is 211. The molecule has 1 nitrogen and oxygen atoms in total. The Morgan fingerprint density at radius 1 is 1.29 bits per heavy atom. The van der Waals surface area contributed by atoms with Gasteiger partial charge in [-0.2, -0.15) is 0 Å². The largest absolute Gasteiger partial charge is 0.495 e. The van der Waals surface area contributed by atoms with Crippen LogP contribution in [0.5, 0.6) is 0 Å². The van der Waals surface area contributed by atoms with Crippen molar-refractivity contribution in [1.29, 1.82) is 0 Å². The Labute approximate surface area is 89.2 Å². The van der Waals surface area contributed by atoms with Crippen LogP contribution < -0.4 is 0 Å². The third-order valence-electron chi connectivity index (χ3n) is 1.71. The third kappa shape index (κ3) is 7.86. The molecule has 0 heterocycles. The van der Waals surface area contributed by atoms with E-state index in [2.05, 4.69) is 32.3 Å². The highest BCUT2D eigenvalue weighted by atomic mass is 28.3. The van der Waals surface area contributed by atoms with Gasteiger partial charge in [-0.1, -0.05) is 44.4 Å². The Morgan fingerprint density at radius 2 is 1.93 bits per heavy atom. The van der Waals surface area contributed by atoms with E-state index in [-0.39, 0.29) is 6.10 Å². The zero-order chi connectivity index (χ0) is 11.0. The van der Waals surface area contributed by atoms with Gasteiger partial charge in [-0.15, -0.1) is 0 Å². The Balaban J connectivity index is 4.21. The van der Waals surface area contributed by atoms with E-state index >= 15 is 0 Å². The third-order valence-corrected chi connectivity index (χ3v) is 3.34. The van der Waals surface area contributed by atoms with Crippen LogP contribution in [0.1, 0.15) is 6.92 Å². The first kappa shape index (κ1) is 13.2. The number of rotatable bonds is 6. The quantitative estimate of drug-likeness (QED) is 0.366. The predicted molar refractivity (Wildman–Crippen MR) is 67.2 cm³/mol. The molecule has 0 saturated heterocycles. The maximum atomic E-state index is 5.44. The lowest BCUT2D eigenvalue weighted by atomic mass is 10.3. The molecule has 0 N–H and O–H groups in total. The summed E-state index contributed by atoms with van der Waals surface area (Å²) in [4.78, 5) is 0. The molecule has 0 aliphatic rings. The maximum absolute atomic E-state index is 5.44. The van der Waals surface area contributed by atoms with Crippen molar-refractivity contribution >= 4 is 8.07 Å². The van der Waals surface area contributed by atoms with Gasteiger partial charge in [0.1, 0.15) is 6.10 Å². The fourth-order valence-corrected chi connectivity index (χ4v) is 2.63. The molecule has 0 aromatic heterocycles. The molecule has 1 atom stereocenters. The van der Waals surface area contributed by atoms with Crippen LogP contribution in [0.2, 0.25) is 25.7 Å². The van der Waals surface area contributed by atoms with Gasteiger partial charge in [0.25, 0.3) is 0 Å². The molecule has 2 heteroatoms. The first-order chi connectivity index (χ1) is 6.49. The van der Waals surface area contributed by atoms with Gasteiger partial charge >= 0.3 is 0 Å².